The third kappa shape index (κ3) is 1.24. The van der Waals surface area contributed by atoms with E-state index in [4.69, 9.17) is 0 Å². The van der Waals surface area contributed by atoms with Crippen molar-refractivity contribution in [1.29, 1.82) is 0 Å². The van der Waals surface area contributed by atoms with Gasteiger partial charge in [0.2, 0.25) is 0 Å². The summed E-state index contributed by atoms with van der Waals surface area (Å²) in [5, 5.41) is 10.6. The molecule has 3 heteroatoms. The average Bonchev–Trinajstić information content (AvgIpc) is 2.82. The van der Waals surface area contributed by atoms with Gasteiger partial charge in [-0.05, 0) is 43.6 Å². The molecule has 2 saturated carbocycles. The highest BCUT2D eigenvalue weighted by atomic mass is 19.2. The first-order chi connectivity index (χ1) is 7.61. The molecule has 0 amide bonds. The van der Waals surface area contributed by atoms with Crippen LogP contribution < -0.4 is 0 Å². The zero-order valence-corrected chi connectivity index (χ0v) is 8.92. The van der Waals surface area contributed by atoms with Crippen molar-refractivity contribution in [3.05, 3.63) is 35.4 Å². The average molecular weight is 224 g/mol. The maximum Gasteiger partial charge on any atom is 0.164 e. The summed E-state index contributed by atoms with van der Waals surface area (Å²) in [4.78, 5) is 0. The molecule has 2 aliphatic carbocycles. The number of rotatable bonds is 1. The molecule has 86 valence electrons. The highest BCUT2D eigenvalue weighted by molar-refractivity contribution is 5.28. The van der Waals surface area contributed by atoms with E-state index in [2.05, 4.69) is 0 Å². The van der Waals surface area contributed by atoms with Crippen LogP contribution in [0.5, 0.6) is 0 Å². The van der Waals surface area contributed by atoms with E-state index in [0.717, 1.165) is 25.3 Å². The Kier molecular flexibility index (Phi) is 2.08. The van der Waals surface area contributed by atoms with Gasteiger partial charge >= 0.3 is 0 Å². The van der Waals surface area contributed by atoms with Crippen LogP contribution in [0.25, 0.3) is 0 Å². The predicted octanol–water partition coefficient (Wildman–Crippen LogP) is 2.97. The Bertz CT molecular complexity index is 432. The Morgan fingerprint density at radius 2 is 2.06 bits per heavy atom. The predicted molar refractivity (Wildman–Crippen MR) is 55.7 cm³/mol. The minimum Gasteiger partial charge on any atom is -0.385 e. The molecule has 1 N–H and O–H groups in total. The number of fused-ring (bicyclic) bond motifs is 2. The van der Waals surface area contributed by atoms with Crippen molar-refractivity contribution >= 4 is 0 Å². The molecule has 3 rings (SSSR count). The molecule has 0 saturated heterocycles. The summed E-state index contributed by atoms with van der Waals surface area (Å²) >= 11 is 0. The third-order valence-electron chi connectivity index (χ3n) is 4.23. The van der Waals surface area contributed by atoms with Crippen LogP contribution >= 0.6 is 0 Å². The van der Waals surface area contributed by atoms with Gasteiger partial charge in [0.15, 0.2) is 11.6 Å². The minimum absolute atomic E-state index is 0.105. The van der Waals surface area contributed by atoms with E-state index < -0.39 is 17.2 Å². The van der Waals surface area contributed by atoms with Gasteiger partial charge in [-0.2, -0.15) is 0 Å². The van der Waals surface area contributed by atoms with Gasteiger partial charge < -0.3 is 5.11 Å². The molecule has 0 aromatic heterocycles. The van der Waals surface area contributed by atoms with Crippen LogP contribution in [0.3, 0.4) is 0 Å². The second kappa shape index (κ2) is 3.27. The lowest BCUT2D eigenvalue weighted by molar-refractivity contribution is -0.0217. The fourth-order valence-electron chi connectivity index (χ4n) is 3.47. The zero-order valence-electron chi connectivity index (χ0n) is 8.92. The number of hydrogen-bond donors (Lipinski definition) is 1. The zero-order chi connectivity index (χ0) is 11.3. The van der Waals surface area contributed by atoms with Crippen molar-refractivity contribution in [3.8, 4) is 0 Å². The molecule has 1 nitrogen and oxygen atoms in total. The molecule has 3 unspecified atom stereocenters. The molecule has 1 aromatic carbocycles. The van der Waals surface area contributed by atoms with Crippen molar-refractivity contribution < 1.29 is 13.9 Å². The Balaban J connectivity index is 2.06. The fourth-order valence-corrected chi connectivity index (χ4v) is 3.47. The molecule has 2 aliphatic rings. The van der Waals surface area contributed by atoms with Gasteiger partial charge in [0.1, 0.15) is 0 Å². The first-order valence-electron chi connectivity index (χ1n) is 5.78. The quantitative estimate of drug-likeness (QED) is 0.777. The second-order valence-electron chi connectivity index (χ2n) is 5.11. The summed E-state index contributed by atoms with van der Waals surface area (Å²) in [7, 11) is 0. The van der Waals surface area contributed by atoms with Gasteiger partial charge in [0, 0.05) is 5.56 Å². The summed E-state index contributed by atoms with van der Waals surface area (Å²) < 4.78 is 26.8. The third-order valence-corrected chi connectivity index (χ3v) is 4.23. The van der Waals surface area contributed by atoms with Crippen LogP contribution in [0.2, 0.25) is 0 Å². The lowest BCUT2D eigenvalue weighted by Gasteiger charge is -2.33. The van der Waals surface area contributed by atoms with Crippen molar-refractivity contribution in [3.63, 3.8) is 0 Å². The summed E-state index contributed by atoms with van der Waals surface area (Å²) in [5.74, 6) is -1.15. The van der Waals surface area contributed by atoms with E-state index >= 15 is 0 Å². The Labute approximate surface area is 93.1 Å². The van der Waals surface area contributed by atoms with Crippen LogP contribution in [-0.2, 0) is 5.60 Å². The van der Waals surface area contributed by atoms with Crippen LogP contribution in [-0.4, -0.2) is 5.11 Å². The van der Waals surface area contributed by atoms with Gasteiger partial charge in [-0.1, -0.05) is 12.1 Å². The summed E-state index contributed by atoms with van der Waals surface area (Å²) in [6.07, 6.45) is 3.57. The molecule has 0 radical (unpaired) electrons. The van der Waals surface area contributed by atoms with Gasteiger partial charge in [0.05, 0.1) is 5.60 Å². The molecular weight excluding hydrogens is 210 g/mol. The highest BCUT2D eigenvalue weighted by Gasteiger charge is 2.52. The number of aliphatic hydroxyl groups is 1. The van der Waals surface area contributed by atoms with Crippen molar-refractivity contribution in [1.82, 2.24) is 0 Å². The lowest BCUT2D eigenvalue weighted by atomic mass is 9.78. The molecule has 0 heterocycles. The van der Waals surface area contributed by atoms with Crippen LogP contribution in [0.4, 0.5) is 8.78 Å². The Morgan fingerprint density at radius 3 is 2.69 bits per heavy atom. The van der Waals surface area contributed by atoms with Crippen LogP contribution in [0.15, 0.2) is 18.2 Å². The molecule has 2 bridgehead atoms. The van der Waals surface area contributed by atoms with Gasteiger partial charge in [0.25, 0.3) is 0 Å². The highest BCUT2D eigenvalue weighted by Crippen LogP contribution is 2.55. The number of benzene rings is 1. The van der Waals surface area contributed by atoms with E-state index in [1.807, 2.05) is 0 Å². The normalized spacial score (nSPS) is 36.9. The summed E-state index contributed by atoms with van der Waals surface area (Å²) in [5.41, 5.74) is -0.977. The molecule has 1 aromatic rings. The lowest BCUT2D eigenvalue weighted by Crippen LogP contribution is -2.33. The topological polar surface area (TPSA) is 20.2 Å². The van der Waals surface area contributed by atoms with Crippen molar-refractivity contribution in [2.75, 3.05) is 0 Å². The molecular formula is C13H14F2O. The van der Waals surface area contributed by atoms with Crippen molar-refractivity contribution in [2.45, 2.75) is 31.3 Å². The first kappa shape index (κ1) is 10.2. The van der Waals surface area contributed by atoms with E-state index in [-0.39, 0.29) is 11.5 Å². The van der Waals surface area contributed by atoms with Crippen LogP contribution in [0.1, 0.15) is 31.2 Å². The minimum atomic E-state index is -1.13. The Morgan fingerprint density at radius 1 is 1.25 bits per heavy atom. The number of halogens is 2. The molecule has 0 spiro atoms. The first-order valence-corrected chi connectivity index (χ1v) is 5.78. The Hall–Kier alpha value is -0.960. The van der Waals surface area contributed by atoms with Crippen molar-refractivity contribution in [2.24, 2.45) is 11.8 Å². The van der Waals surface area contributed by atoms with E-state index in [0.29, 0.717) is 12.3 Å². The summed E-state index contributed by atoms with van der Waals surface area (Å²) in [6, 6.07) is 4.08. The smallest absolute Gasteiger partial charge is 0.164 e. The molecule has 0 aliphatic heterocycles. The molecule has 16 heavy (non-hydrogen) atoms. The maximum absolute atomic E-state index is 13.7. The van der Waals surface area contributed by atoms with Gasteiger partial charge in [-0.15, -0.1) is 0 Å². The van der Waals surface area contributed by atoms with E-state index in [9.17, 15) is 13.9 Å². The van der Waals surface area contributed by atoms with Crippen LogP contribution in [0, 0.1) is 23.5 Å². The second-order valence-corrected chi connectivity index (χ2v) is 5.11. The SMILES string of the molecule is OC1(c2cccc(F)c2F)CC2CCC1C2. The number of hydrogen-bond acceptors (Lipinski definition) is 1. The fraction of sp³-hybridized carbons (Fsp3) is 0.538. The maximum atomic E-state index is 13.7. The molecule has 2 fully saturated rings. The van der Waals surface area contributed by atoms with E-state index in [1.54, 1.807) is 0 Å². The van der Waals surface area contributed by atoms with Gasteiger partial charge in [-0.25, -0.2) is 8.78 Å². The van der Waals surface area contributed by atoms with Gasteiger partial charge in [-0.3, -0.25) is 0 Å². The standard InChI is InChI=1S/C13H14F2O/c14-11-3-1-2-10(12(11)15)13(16)7-8-4-5-9(13)6-8/h1-3,8-9,16H,4-7H2. The monoisotopic (exact) mass is 224 g/mol. The summed E-state index contributed by atoms with van der Waals surface area (Å²) in [6.45, 7) is 0. The molecule has 3 atom stereocenters. The van der Waals surface area contributed by atoms with E-state index in [1.165, 1.54) is 12.1 Å². The largest absolute Gasteiger partial charge is 0.385 e.